The van der Waals surface area contributed by atoms with E-state index in [0.717, 1.165) is 18.8 Å². The van der Waals surface area contributed by atoms with Gasteiger partial charge in [-0.25, -0.2) is 0 Å². The third-order valence-corrected chi connectivity index (χ3v) is 3.65. The van der Waals surface area contributed by atoms with Gasteiger partial charge in [0.15, 0.2) is 0 Å². The molecular formula is C13H24N4. The summed E-state index contributed by atoms with van der Waals surface area (Å²) in [5.41, 5.74) is 2.44. The number of likely N-dealkylation sites (tertiary alicyclic amines) is 1. The molecule has 0 amide bonds. The fraction of sp³-hybridized carbons (Fsp3) is 0.769. The molecule has 1 aromatic heterocycles. The van der Waals surface area contributed by atoms with Crippen molar-refractivity contribution in [2.24, 2.45) is 7.05 Å². The van der Waals surface area contributed by atoms with Crippen LogP contribution in [-0.4, -0.2) is 40.9 Å². The lowest BCUT2D eigenvalue weighted by atomic mass is 10.0. The average Bonchev–Trinajstić information content (AvgIpc) is 2.61. The first kappa shape index (κ1) is 12.6. The fourth-order valence-corrected chi connectivity index (χ4v) is 2.76. The molecule has 4 heteroatoms. The Labute approximate surface area is 104 Å². The Morgan fingerprint density at radius 2 is 2.29 bits per heavy atom. The largest absolute Gasteiger partial charge is 0.318 e. The maximum atomic E-state index is 4.42. The van der Waals surface area contributed by atoms with Crippen molar-refractivity contribution >= 4 is 0 Å². The topological polar surface area (TPSA) is 33.1 Å². The number of aromatic nitrogens is 2. The van der Waals surface area contributed by atoms with Gasteiger partial charge in [-0.05, 0) is 39.4 Å². The van der Waals surface area contributed by atoms with Crippen LogP contribution < -0.4 is 5.32 Å². The van der Waals surface area contributed by atoms with E-state index in [1.807, 2.05) is 18.8 Å². The number of rotatable bonds is 4. The van der Waals surface area contributed by atoms with Crippen LogP contribution in [0.4, 0.5) is 0 Å². The van der Waals surface area contributed by atoms with Crippen LogP contribution in [0.15, 0.2) is 6.07 Å². The molecule has 0 radical (unpaired) electrons. The van der Waals surface area contributed by atoms with E-state index in [0.29, 0.717) is 6.04 Å². The Hall–Kier alpha value is -0.870. The minimum atomic E-state index is 0.684. The predicted octanol–water partition coefficient (Wildman–Crippen LogP) is 1.30. The molecule has 1 aliphatic heterocycles. The smallest absolute Gasteiger partial charge is 0.0597 e. The highest BCUT2D eigenvalue weighted by atomic mass is 15.3. The van der Waals surface area contributed by atoms with Gasteiger partial charge in [-0.3, -0.25) is 9.58 Å². The van der Waals surface area contributed by atoms with Gasteiger partial charge in [-0.1, -0.05) is 6.42 Å². The minimum Gasteiger partial charge on any atom is -0.318 e. The molecule has 2 heterocycles. The summed E-state index contributed by atoms with van der Waals surface area (Å²) < 4.78 is 2.01. The summed E-state index contributed by atoms with van der Waals surface area (Å²) in [5, 5.41) is 7.73. The molecule has 17 heavy (non-hydrogen) atoms. The third kappa shape index (κ3) is 3.07. The Balaban J connectivity index is 2.02. The summed E-state index contributed by atoms with van der Waals surface area (Å²) in [6, 6.07) is 2.88. The van der Waals surface area contributed by atoms with Gasteiger partial charge in [0, 0.05) is 26.2 Å². The quantitative estimate of drug-likeness (QED) is 0.855. The van der Waals surface area contributed by atoms with Crippen molar-refractivity contribution in [2.45, 2.75) is 38.8 Å². The first-order chi connectivity index (χ1) is 8.20. The van der Waals surface area contributed by atoms with E-state index in [4.69, 9.17) is 0 Å². The van der Waals surface area contributed by atoms with Crippen LogP contribution >= 0.6 is 0 Å². The van der Waals surface area contributed by atoms with E-state index >= 15 is 0 Å². The Kier molecular flexibility index (Phi) is 4.18. The number of hydrogen-bond acceptors (Lipinski definition) is 3. The Morgan fingerprint density at radius 1 is 1.47 bits per heavy atom. The number of nitrogens with zero attached hydrogens (tertiary/aromatic N) is 3. The van der Waals surface area contributed by atoms with E-state index in [9.17, 15) is 0 Å². The Bertz CT molecular complexity index is 356. The highest BCUT2D eigenvalue weighted by Crippen LogP contribution is 2.19. The summed E-state index contributed by atoms with van der Waals surface area (Å²) in [7, 11) is 4.08. The molecule has 0 bridgehead atoms. The van der Waals surface area contributed by atoms with Crippen LogP contribution in [0.3, 0.4) is 0 Å². The molecule has 1 aromatic rings. The first-order valence-electron chi connectivity index (χ1n) is 6.59. The molecule has 0 saturated carbocycles. The van der Waals surface area contributed by atoms with Gasteiger partial charge in [-0.2, -0.15) is 5.10 Å². The second-order valence-corrected chi connectivity index (χ2v) is 5.08. The summed E-state index contributed by atoms with van der Waals surface area (Å²) in [6.45, 7) is 5.40. The molecule has 0 spiro atoms. The molecule has 96 valence electrons. The summed E-state index contributed by atoms with van der Waals surface area (Å²) >= 11 is 0. The number of nitrogens with one attached hydrogen (secondary N) is 1. The lowest BCUT2D eigenvalue weighted by Crippen LogP contribution is -2.44. The van der Waals surface area contributed by atoms with E-state index < -0.39 is 0 Å². The number of piperidine rings is 1. The molecule has 2 rings (SSSR count). The second-order valence-electron chi connectivity index (χ2n) is 5.08. The molecule has 4 nitrogen and oxygen atoms in total. The highest BCUT2D eigenvalue weighted by Gasteiger charge is 2.22. The molecule has 1 unspecified atom stereocenters. The standard InChI is InChI=1S/C13H24N4/c1-11-8-13(16(3)15-11)10-17-7-5-4-6-12(17)9-14-2/h8,12,14H,4-7,9-10H2,1-3H3. The molecule has 1 N–H and O–H groups in total. The van der Waals surface area contributed by atoms with Crippen molar-refractivity contribution in [1.29, 1.82) is 0 Å². The van der Waals surface area contributed by atoms with Crippen LogP contribution in [-0.2, 0) is 13.6 Å². The molecular weight excluding hydrogens is 212 g/mol. The van der Waals surface area contributed by atoms with Gasteiger partial charge < -0.3 is 5.32 Å². The molecule has 0 aliphatic carbocycles. The summed E-state index contributed by atoms with van der Waals surface area (Å²) in [4.78, 5) is 2.59. The van der Waals surface area contributed by atoms with Crippen LogP contribution in [0.2, 0.25) is 0 Å². The predicted molar refractivity (Wildman–Crippen MR) is 69.9 cm³/mol. The van der Waals surface area contributed by atoms with E-state index in [-0.39, 0.29) is 0 Å². The van der Waals surface area contributed by atoms with E-state index in [2.05, 4.69) is 28.3 Å². The second kappa shape index (κ2) is 5.65. The van der Waals surface area contributed by atoms with Crippen LogP contribution in [0.1, 0.15) is 30.7 Å². The maximum absolute atomic E-state index is 4.42. The summed E-state index contributed by atoms with van der Waals surface area (Å²) in [6.07, 6.45) is 4.02. The highest BCUT2D eigenvalue weighted by molar-refractivity contribution is 5.08. The minimum absolute atomic E-state index is 0.684. The molecule has 1 saturated heterocycles. The van der Waals surface area contributed by atoms with Crippen LogP contribution in [0, 0.1) is 6.92 Å². The van der Waals surface area contributed by atoms with Crippen molar-refractivity contribution < 1.29 is 0 Å². The maximum Gasteiger partial charge on any atom is 0.0597 e. The van der Waals surface area contributed by atoms with Gasteiger partial charge >= 0.3 is 0 Å². The van der Waals surface area contributed by atoms with Crippen LogP contribution in [0.25, 0.3) is 0 Å². The zero-order chi connectivity index (χ0) is 12.3. The van der Waals surface area contributed by atoms with Gasteiger partial charge in [-0.15, -0.1) is 0 Å². The zero-order valence-electron chi connectivity index (χ0n) is 11.2. The lowest BCUT2D eigenvalue weighted by Gasteiger charge is -2.35. The number of aryl methyl sites for hydroxylation is 2. The number of hydrogen-bond donors (Lipinski definition) is 1. The number of likely N-dealkylation sites (N-methyl/N-ethyl adjacent to an activating group) is 1. The van der Waals surface area contributed by atoms with Crippen LogP contribution in [0.5, 0.6) is 0 Å². The zero-order valence-corrected chi connectivity index (χ0v) is 11.2. The van der Waals surface area contributed by atoms with Crippen molar-refractivity contribution in [1.82, 2.24) is 20.0 Å². The fourth-order valence-electron chi connectivity index (χ4n) is 2.76. The van der Waals surface area contributed by atoms with E-state index in [1.165, 1.54) is 31.5 Å². The third-order valence-electron chi connectivity index (χ3n) is 3.65. The SMILES string of the molecule is CNCC1CCCCN1Cc1cc(C)nn1C. The Morgan fingerprint density at radius 3 is 2.94 bits per heavy atom. The lowest BCUT2D eigenvalue weighted by molar-refractivity contribution is 0.136. The van der Waals surface area contributed by atoms with Crippen molar-refractivity contribution in [3.63, 3.8) is 0 Å². The summed E-state index contributed by atoms with van der Waals surface area (Å²) in [5.74, 6) is 0. The van der Waals surface area contributed by atoms with Gasteiger partial charge in [0.25, 0.3) is 0 Å². The monoisotopic (exact) mass is 236 g/mol. The van der Waals surface area contributed by atoms with Crippen molar-refractivity contribution in [3.8, 4) is 0 Å². The normalized spacial score (nSPS) is 21.9. The first-order valence-corrected chi connectivity index (χ1v) is 6.59. The molecule has 1 aliphatic rings. The molecule has 1 atom stereocenters. The van der Waals surface area contributed by atoms with Gasteiger partial charge in [0.05, 0.1) is 11.4 Å². The van der Waals surface area contributed by atoms with E-state index in [1.54, 1.807) is 0 Å². The molecule has 0 aromatic carbocycles. The molecule has 1 fully saturated rings. The van der Waals surface area contributed by atoms with Gasteiger partial charge in [0.1, 0.15) is 0 Å². The van der Waals surface area contributed by atoms with Crippen molar-refractivity contribution in [3.05, 3.63) is 17.5 Å². The van der Waals surface area contributed by atoms with Crippen molar-refractivity contribution in [2.75, 3.05) is 20.1 Å². The average molecular weight is 236 g/mol. The van der Waals surface area contributed by atoms with Gasteiger partial charge in [0.2, 0.25) is 0 Å².